The molecular formula is C13H24O3Si. The maximum absolute atomic E-state index is 5.70. The van der Waals surface area contributed by atoms with Crippen molar-refractivity contribution < 1.29 is 13.3 Å². The summed E-state index contributed by atoms with van der Waals surface area (Å²) < 4.78 is 17.1. The van der Waals surface area contributed by atoms with E-state index in [2.05, 4.69) is 0 Å². The highest BCUT2D eigenvalue weighted by Gasteiger charge is 2.33. The fourth-order valence-corrected chi connectivity index (χ4v) is 2.46. The van der Waals surface area contributed by atoms with E-state index in [1.54, 1.807) is 0 Å². The van der Waals surface area contributed by atoms with Gasteiger partial charge in [0.1, 0.15) is 0 Å². The fourth-order valence-electron chi connectivity index (χ4n) is 1.01. The molecule has 0 aliphatic carbocycles. The van der Waals surface area contributed by atoms with Gasteiger partial charge in [-0.2, -0.15) is 0 Å². The van der Waals surface area contributed by atoms with Crippen molar-refractivity contribution in [2.24, 2.45) is 0 Å². The summed E-state index contributed by atoms with van der Waals surface area (Å²) >= 11 is 0. The predicted molar refractivity (Wildman–Crippen MR) is 73.9 cm³/mol. The molecule has 0 N–H and O–H groups in total. The lowest BCUT2D eigenvalue weighted by Crippen LogP contribution is -2.42. The van der Waals surface area contributed by atoms with E-state index in [0.717, 1.165) is 0 Å². The van der Waals surface area contributed by atoms with Crippen LogP contribution in [0.3, 0.4) is 0 Å². The maximum Gasteiger partial charge on any atom is 0.498 e. The van der Waals surface area contributed by atoms with Crippen molar-refractivity contribution >= 4 is 8.80 Å². The first-order valence-corrected chi connectivity index (χ1v) is 8.16. The fraction of sp³-hybridized carbons (Fsp3) is 0.538. The first-order valence-electron chi connectivity index (χ1n) is 5.94. The minimum atomic E-state index is -2.51. The van der Waals surface area contributed by atoms with Crippen LogP contribution < -0.4 is 0 Å². The standard InChI is InChI=1S/C13H24O3Si/c1-5-8-11-14-17(4,15-12-9-6-2)16-13-10-7-3/h5-10H,11-13H2,1-4H3. The molecule has 0 saturated carbocycles. The van der Waals surface area contributed by atoms with Crippen molar-refractivity contribution in [1.29, 1.82) is 0 Å². The molecule has 0 spiro atoms. The average Bonchev–Trinajstić information content (AvgIpc) is 2.30. The highest BCUT2D eigenvalue weighted by molar-refractivity contribution is 6.59. The largest absolute Gasteiger partial charge is 0.498 e. The Bertz CT molecular complexity index is 219. The van der Waals surface area contributed by atoms with Crippen LogP contribution in [0.25, 0.3) is 0 Å². The summed E-state index contributed by atoms with van der Waals surface area (Å²) in [6.45, 7) is 9.40. The Labute approximate surface area is 106 Å². The second kappa shape index (κ2) is 10.5. The second-order valence-electron chi connectivity index (χ2n) is 3.50. The van der Waals surface area contributed by atoms with Crippen LogP contribution in [0.15, 0.2) is 36.5 Å². The van der Waals surface area contributed by atoms with Crippen molar-refractivity contribution in [3.8, 4) is 0 Å². The van der Waals surface area contributed by atoms with Crippen LogP contribution in [-0.4, -0.2) is 28.6 Å². The molecule has 17 heavy (non-hydrogen) atoms. The maximum atomic E-state index is 5.70. The summed E-state index contributed by atoms with van der Waals surface area (Å²) in [4.78, 5) is 0. The van der Waals surface area contributed by atoms with Crippen LogP contribution in [0.4, 0.5) is 0 Å². The summed E-state index contributed by atoms with van der Waals surface area (Å²) in [5, 5.41) is 0. The normalized spacial score (nSPS) is 16.2. The molecule has 4 heteroatoms. The van der Waals surface area contributed by atoms with Gasteiger partial charge in [0.2, 0.25) is 0 Å². The average molecular weight is 256 g/mol. The molecule has 0 heterocycles. The van der Waals surface area contributed by atoms with E-state index in [4.69, 9.17) is 13.3 Å². The van der Waals surface area contributed by atoms with Gasteiger partial charge in [-0.25, -0.2) is 0 Å². The third-order valence-electron chi connectivity index (χ3n) is 2.03. The molecule has 3 nitrogen and oxygen atoms in total. The van der Waals surface area contributed by atoms with Crippen molar-refractivity contribution in [2.45, 2.75) is 27.3 Å². The van der Waals surface area contributed by atoms with Crippen LogP contribution >= 0.6 is 0 Å². The van der Waals surface area contributed by atoms with Gasteiger partial charge in [0.25, 0.3) is 0 Å². The molecule has 0 unspecified atom stereocenters. The molecule has 0 fully saturated rings. The van der Waals surface area contributed by atoms with E-state index in [1.807, 2.05) is 63.8 Å². The van der Waals surface area contributed by atoms with Crippen molar-refractivity contribution in [3.63, 3.8) is 0 Å². The number of rotatable bonds is 9. The van der Waals surface area contributed by atoms with Crippen LogP contribution in [0.5, 0.6) is 0 Å². The molecule has 0 bridgehead atoms. The quantitative estimate of drug-likeness (QED) is 0.468. The Morgan fingerprint density at radius 3 is 1.24 bits per heavy atom. The molecule has 0 aliphatic rings. The topological polar surface area (TPSA) is 27.7 Å². The van der Waals surface area contributed by atoms with Gasteiger partial charge in [-0.3, -0.25) is 0 Å². The van der Waals surface area contributed by atoms with E-state index < -0.39 is 8.80 Å². The summed E-state index contributed by atoms with van der Waals surface area (Å²) in [6, 6.07) is 0. The molecule has 0 rings (SSSR count). The number of allylic oxidation sites excluding steroid dienone is 3. The third kappa shape index (κ3) is 9.06. The lowest BCUT2D eigenvalue weighted by molar-refractivity contribution is 0.0932. The molecule has 0 aromatic heterocycles. The van der Waals surface area contributed by atoms with E-state index in [1.165, 1.54) is 0 Å². The second-order valence-corrected chi connectivity index (χ2v) is 6.09. The minimum Gasteiger partial charge on any atom is -0.370 e. The summed E-state index contributed by atoms with van der Waals surface area (Å²) in [5.74, 6) is 0. The first-order chi connectivity index (χ1) is 8.18. The number of hydrogen-bond donors (Lipinski definition) is 0. The van der Waals surface area contributed by atoms with Gasteiger partial charge in [-0.15, -0.1) is 0 Å². The lowest BCUT2D eigenvalue weighted by Gasteiger charge is -2.24. The highest BCUT2D eigenvalue weighted by atomic mass is 28.4. The van der Waals surface area contributed by atoms with Gasteiger partial charge >= 0.3 is 8.80 Å². The lowest BCUT2D eigenvalue weighted by atomic mass is 10.6. The van der Waals surface area contributed by atoms with E-state index in [9.17, 15) is 0 Å². The molecule has 0 aliphatic heterocycles. The summed E-state index contributed by atoms with van der Waals surface area (Å²) in [5.41, 5.74) is 0. The van der Waals surface area contributed by atoms with Crippen molar-refractivity contribution in [2.75, 3.05) is 19.8 Å². The molecule has 0 radical (unpaired) electrons. The third-order valence-corrected chi connectivity index (χ3v) is 4.11. The highest BCUT2D eigenvalue weighted by Crippen LogP contribution is 2.09. The summed E-state index contributed by atoms with van der Waals surface area (Å²) in [6.07, 6.45) is 11.7. The Hall–Kier alpha value is -0.683. The zero-order valence-corrected chi connectivity index (χ0v) is 12.3. The van der Waals surface area contributed by atoms with Crippen LogP contribution in [0.2, 0.25) is 6.55 Å². The Morgan fingerprint density at radius 1 is 0.706 bits per heavy atom. The first kappa shape index (κ1) is 16.3. The monoisotopic (exact) mass is 256 g/mol. The molecule has 0 atom stereocenters. The molecule has 0 aromatic rings. The minimum absolute atomic E-state index is 0.533. The van der Waals surface area contributed by atoms with E-state index >= 15 is 0 Å². The van der Waals surface area contributed by atoms with Crippen molar-refractivity contribution in [3.05, 3.63) is 36.5 Å². The van der Waals surface area contributed by atoms with Gasteiger partial charge < -0.3 is 13.3 Å². The molecule has 0 aromatic carbocycles. The Balaban J connectivity index is 4.22. The van der Waals surface area contributed by atoms with Gasteiger partial charge in [0.15, 0.2) is 0 Å². The zero-order chi connectivity index (χ0) is 13.0. The van der Waals surface area contributed by atoms with Crippen LogP contribution in [-0.2, 0) is 13.3 Å². The molecule has 0 amide bonds. The number of hydrogen-bond acceptors (Lipinski definition) is 3. The Morgan fingerprint density at radius 2 is 1.00 bits per heavy atom. The van der Waals surface area contributed by atoms with Gasteiger partial charge in [-0.05, 0) is 20.8 Å². The molecule has 0 saturated heterocycles. The predicted octanol–water partition coefficient (Wildman–Crippen LogP) is 3.33. The Kier molecular flexibility index (Phi) is 10.0. The van der Waals surface area contributed by atoms with E-state index in [0.29, 0.717) is 19.8 Å². The molecular weight excluding hydrogens is 232 g/mol. The SMILES string of the molecule is CC=CCO[Si](C)(OCC=CC)OCC=CC. The van der Waals surface area contributed by atoms with Gasteiger partial charge in [0.05, 0.1) is 19.8 Å². The van der Waals surface area contributed by atoms with E-state index in [-0.39, 0.29) is 0 Å². The zero-order valence-electron chi connectivity index (χ0n) is 11.3. The van der Waals surface area contributed by atoms with Crippen molar-refractivity contribution in [1.82, 2.24) is 0 Å². The van der Waals surface area contributed by atoms with Gasteiger partial charge in [0, 0.05) is 6.55 Å². The summed E-state index contributed by atoms with van der Waals surface area (Å²) in [7, 11) is -2.51. The van der Waals surface area contributed by atoms with Gasteiger partial charge in [-0.1, -0.05) is 36.5 Å². The molecule has 98 valence electrons. The smallest absolute Gasteiger partial charge is 0.370 e. The van der Waals surface area contributed by atoms with Crippen LogP contribution in [0, 0.1) is 0 Å². The van der Waals surface area contributed by atoms with Crippen LogP contribution in [0.1, 0.15) is 20.8 Å².